The number of aliphatic hydroxyl groups is 1. The molecule has 0 aromatic rings. The van der Waals surface area contributed by atoms with Crippen molar-refractivity contribution in [2.24, 2.45) is 11.3 Å². The molecule has 1 rings (SSSR count). The van der Waals surface area contributed by atoms with Crippen molar-refractivity contribution in [3.63, 3.8) is 0 Å². The predicted molar refractivity (Wildman–Crippen MR) is 75.0 cm³/mol. The van der Waals surface area contributed by atoms with Gasteiger partial charge >= 0.3 is 0 Å². The monoisotopic (exact) mass is 236 g/mol. The first-order chi connectivity index (χ1) is 7.97. The van der Waals surface area contributed by atoms with Crippen LogP contribution in [0.4, 0.5) is 0 Å². The maximum Gasteiger partial charge on any atom is 0.0465 e. The van der Waals surface area contributed by atoms with Crippen LogP contribution in [0.3, 0.4) is 0 Å². The van der Waals surface area contributed by atoms with Gasteiger partial charge in [-0.15, -0.1) is 0 Å². The fourth-order valence-electron chi connectivity index (χ4n) is 3.05. The summed E-state index contributed by atoms with van der Waals surface area (Å²) in [6, 6.07) is 0. The molecule has 0 heterocycles. The van der Waals surface area contributed by atoms with E-state index >= 15 is 0 Å². The van der Waals surface area contributed by atoms with Gasteiger partial charge in [0, 0.05) is 6.61 Å². The molecule has 0 aliphatic heterocycles. The molecule has 0 radical (unpaired) electrons. The molecule has 0 spiro atoms. The van der Waals surface area contributed by atoms with Gasteiger partial charge < -0.3 is 5.11 Å². The first kappa shape index (κ1) is 14.5. The third kappa shape index (κ3) is 4.31. The zero-order chi connectivity index (χ0) is 12.9. The van der Waals surface area contributed by atoms with Crippen molar-refractivity contribution in [3.8, 4) is 0 Å². The summed E-state index contributed by atoms with van der Waals surface area (Å²) >= 11 is 0. The molecule has 1 unspecified atom stereocenters. The Morgan fingerprint density at radius 3 is 2.82 bits per heavy atom. The Bertz CT molecular complexity index is 286. The molecule has 98 valence electrons. The van der Waals surface area contributed by atoms with Crippen LogP contribution in [0, 0.1) is 11.3 Å². The number of rotatable bonds is 5. The van der Waals surface area contributed by atoms with Crippen LogP contribution in [-0.2, 0) is 0 Å². The van der Waals surface area contributed by atoms with Crippen molar-refractivity contribution < 1.29 is 5.11 Å². The van der Waals surface area contributed by atoms with Gasteiger partial charge in [-0.05, 0) is 56.8 Å². The fraction of sp³-hybridized carbons (Fsp3) is 0.750. The van der Waals surface area contributed by atoms with Gasteiger partial charge in [0.25, 0.3) is 0 Å². The van der Waals surface area contributed by atoms with Crippen molar-refractivity contribution in [2.45, 2.75) is 59.3 Å². The molecule has 17 heavy (non-hydrogen) atoms. The van der Waals surface area contributed by atoms with Crippen molar-refractivity contribution in [1.29, 1.82) is 0 Å². The average Bonchev–Trinajstić information content (AvgIpc) is 2.24. The lowest BCUT2D eigenvalue weighted by Gasteiger charge is -2.40. The van der Waals surface area contributed by atoms with E-state index in [1.54, 1.807) is 0 Å². The van der Waals surface area contributed by atoms with Crippen molar-refractivity contribution in [1.82, 2.24) is 0 Å². The molecule has 1 fully saturated rings. The van der Waals surface area contributed by atoms with Gasteiger partial charge in [0.1, 0.15) is 0 Å². The highest BCUT2D eigenvalue weighted by Gasteiger charge is 2.33. The molecule has 0 aromatic heterocycles. The van der Waals surface area contributed by atoms with Gasteiger partial charge in [-0.2, -0.15) is 0 Å². The van der Waals surface area contributed by atoms with Crippen LogP contribution in [0.1, 0.15) is 59.3 Å². The summed E-state index contributed by atoms with van der Waals surface area (Å²) in [4.78, 5) is 0. The first-order valence-electron chi connectivity index (χ1n) is 6.91. The number of aliphatic hydroxyl groups excluding tert-OH is 1. The highest BCUT2D eigenvalue weighted by molar-refractivity contribution is 5.11. The predicted octanol–water partition coefficient (Wildman–Crippen LogP) is 4.48. The average molecular weight is 236 g/mol. The lowest BCUT2D eigenvalue weighted by Crippen LogP contribution is -2.29. The molecule has 1 aliphatic rings. The minimum Gasteiger partial charge on any atom is -0.396 e. The van der Waals surface area contributed by atoms with E-state index in [-0.39, 0.29) is 6.61 Å². The minimum atomic E-state index is 0.263. The maximum atomic E-state index is 8.80. The second kappa shape index (κ2) is 6.39. The van der Waals surface area contributed by atoms with Crippen LogP contribution in [-0.4, -0.2) is 11.7 Å². The summed E-state index contributed by atoms with van der Waals surface area (Å²) in [5, 5.41) is 8.80. The summed E-state index contributed by atoms with van der Waals surface area (Å²) in [5.74, 6) is 0.675. The van der Waals surface area contributed by atoms with Gasteiger partial charge in [-0.25, -0.2) is 0 Å². The summed E-state index contributed by atoms with van der Waals surface area (Å²) in [6.07, 6.45) is 9.18. The van der Waals surface area contributed by atoms with E-state index < -0.39 is 0 Å². The van der Waals surface area contributed by atoms with E-state index in [1.807, 2.05) is 0 Å². The zero-order valence-corrected chi connectivity index (χ0v) is 11.8. The van der Waals surface area contributed by atoms with Gasteiger partial charge in [-0.3, -0.25) is 0 Å². The molecule has 1 saturated carbocycles. The Labute approximate surface area is 107 Å². The normalized spacial score (nSPS) is 25.1. The van der Waals surface area contributed by atoms with Crippen LogP contribution in [0.5, 0.6) is 0 Å². The maximum absolute atomic E-state index is 8.80. The van der Waals surface area contributed by atoms with E-state index in [0.29, 0.717) is 11.3 Å². The summed E-state index contributed by atoms with van der Waals surface area (Å²) in [7, 11) is 0. The highest BCUT2D eigenvalue weighted by atomic mass is 16.2. The van der Waals surface area contributed by atoms with Gasteiger partial charge in [0.2, 0.25) is 0 Å². The molecule has 1 heteroatoms. The van der Waals surface area contributed by atoms with E-state index in [9.17, 15) is 0 Å². The van der Waals surface area contributed by atoms with Gasteiger partial charge in [0.05, 0.1) is 0 Å². The Kier molecular flexibility index (Phi) is 5.45. The largest absolute Gasteiger partial charge is 0.396 e. The Morgan fingerprint density at radius 2 is 2.24 bits per heavy atom. The van der Waals surface area contributed by atoms with Crippen molar-refractivity contribution in [3.05, 3.63) is 23.8 Å². The molecular formula is C16H28O. The summed E-state index contributed by atoms with van der Waals surface area (Å²) in [6.45, 7) is 11.5. The standard InChI is InChI=1S/C16H28O/c1-13(7-6-12-17)9-10-15-14(2)8-5-11-16(15,3)4/h7,15,17H,2,5-6,8-12H2,1,3-4H3. The van der Waals surface area contributed by atoms with E-state index in [2.05, 4.69) is 33.4 Å². The highest BCUT2D eigenvalue weighted by Crippen LogP contribution is 2.45. The molecule has 0 amide bonds. The Balaban J connectivity index is 2.51. The number of allylic oxidation sites excluding steroid dienone is 2. The van der Waals surface area contributed by atoms with E-state index in [0.717, 1.165) is 12.8 Å². The number of hydrogen-bond donors (Lipinski definition) is 1. The molecule has 0 saturated heterocycles. The molecule has 0 bridgehead atoms. The van der Waals surface area contributed by atoms with Crippen LogP contribution in [0.15, 0.2) is 23.8 Å². The topological polar surface area (TPSA) is 20.2 Å². The van der Waals surface area contributed by atoms with Crippen LogP contribution in [0.2, 0.25) is 0 Å². The molecule has 1 atom stereocenters. The van der Waals surface area contributed by atoms with Gasteiger partial charge in [-0.1, -0.05) is 37.6 Å². The smallest absolute Gasteiger partial charge is 0.0465 e. The second-order valence-corrected chi connectivity index (χ2v) is 6.15. The van der Waals surface area contributed by atoms with Gasteiger partial charge in [0.15, 0.2) is 0 Å². The number of hydrogen-bond acceptors (Lipinski definition) is 1. The molecule has 1 N–H and O–H groups in total. The van der Waals surface area contributed by atoms with Crippen LogP contribution < -0.4 is 0 Å². The first-order valence-corrected chi connectivity index (χ1v) is 6.91. The quantitative estimate of drug-likeness (QED) is 0.698. The molecular weight excluding hydrogens is 208 g/mol. The van der Waals surface area contributed by atoms with Crippen LogP contribution >= 0.6 is 0 Å². The molecule has 1 nitrogen and oxygen atoms in total. The zero-order valence-electron chi connectivity index (χ0n) is 11.8. The lowest BCUT2D eigenvalue weighted by atomic mass is 9.65. The Morgan fingerprint density at radius 1 is 1.53 bits per heavy atom. The molecule has 0 aromatic carbocycles. The minimum absolute atomic E-state index is 0.263. The van der Waals surface area contributed by atoms with Crippen molar-refractivity contribution >= 4 is 0 Å². The van der Waals surface area contributed by atoms with Crippen LogP contribution in [0.25, 0.3) is 0 Å². The SMILES string of the molecule is C=C1CCCC(C)(C)C1CCC(C)=CCCO. The van der Waals surface area contributed by atoms with E-state index in [4.69, 9.17) is 5.11 Å². The fourth-order valence-corrected chi connectivity index (χ4v) is 3.05. The third-order valence-corrected chi connectivity index (χ3v) is 4.20. The second-order valence-electron chi connectivity index (χ2n) is 6.15. The molecule has 1 aliphatic carbocycles. The lowest BCUT2D eigenvalue weighted by molar-refractivity contribution is 0.180. The summed E-state index contributed by atoms with van der Waals surface area (Å²) in [5.41, 5.74) is 3.29. The van der Waals surface area contributed by atoms with E-state index in [1.165, 1.54) is 36.8 Å². The van der Waals surface area contributed by atoms with Crippen molar-refractivity contribution in [2.75, 3.05) is 6.61 Å². The Hall–Kier alpha value is -0.560. The third-order valence-electron chi connectivity index (χ3n) is 4.20. The summed E-state index contributed by atoms with van der Waals surface area (Å²) < 4.78 is 0.